The van der Waals surface area contributed by atoms with Gasteiger partial charge in [0.05, 0.1) is 0 Å². The van der Waals surface area contributed by atoms with E-state index in [2.05, 4.69) is 6.58 Å². The van der Waals surface area contributed by atoms with E-state index >= 15 is 0 Å². The first kappa shape index (κ1) is 6.27. The van der Waals surface area contributed by atoms with E-state index in [1.165, 1.54) is 0 Å². The molecule has 0 spiro atoms. The summed E-state index contributed by atoms with van der Waals surface area (Å²) in [6, 6.07) is 0. The summed E-state index contributed by atoms with van der Waals surface area (Å²) in [5.41, 5.74) is 0. The molecule has 0 saturated carbocycles. The second kappa shape index (κ2) is 2.62. The maximum absolute atomic E-state index is 10.3. The molecule has 2 unspecified atom stereocenters. The average molecular weight is 122 g/mol. The highest BCUT2D eigenvalue weighted by Gasteiger charge is 2.18. The molecule has 1 aliphatic rings. The predicted molar refractivity (Wildman–Crippen MR) is 37.0 cm³/mol. The van der Waals surface area contributed by atoms with Gasteiger partial charge in [0.1, 0.15) is 6.29 Å². The topological polar surface area (TPSA) is 17.1 Å². The molecule has 2 atom stereocenters. The summed E-state index contributed by atoms with van der Waals surface area (Å²) in [4.78, 5) is 10.3. The molecule has 0 N–H and O–H groups in total. The van der Waals surface area contributed by atoms with Crippen molar-refractivity contribution in [3.8, 4) is 0 Å². The van der Waals surface area contributed by atoms with Crippen LogP contribution in [0.5, 0.6) is 0 Å². The zero-order chi connectivity index (χ0) is 6.69. The quantitative estimate of drug-likeness (QED) is 0.401. The maximum Gasteiger partial charge on any atom is 0.124 e. The summed E-state index contributed by atoms with van der Waals surface area (Å²) in [5.74, 6) is 0.463. The molecular weight excluding hydrogens is 112 g/mol. The lowest BCUT2D eigenvalue weighted by molar-refractivity contribution is -0.111. The fraction of sp³-hybridized carbons (Fsp3) is 0.375. The van der Waals surface area contributed by atoms with Crippen LogP contribution in [0.15, 0.2) is 24.8 Å². The van der Waals surface area contributed by atoms with Crippen LogP contribution in [-0.2, 0) is 4.79 Å². The summed E-state index contributed by atoms with van der Waals surface area (Å²) in [5, 5.41) is 0. The minimum Gasteiger partial charge on any atom is -0.303 e. The van der Waals surface area contributed by atoms with E-state index in [9.17, 15) is 4.79 Å². The summed E-state index contributed by atoms with van der Waals surface area (Å²) < 4.78 is 0. The van der Waals surface area contributed by atoms with Gasteiger partial charge in [-0.1, -0.05) is 18.2 Å². The molecule has 1 heteroatoms. The van der Waals surface area contributed by atoms with Crippen molar-refractivity contribution in [2.75, 3.05) is 0 Å². The van der Waals surface area contributed by atoms with Gasteiger partial charge in [-0.3, -0.25) is 0 Å². The molecule has 0 aliphatic heterocycles. The molecule has 9 heavy (non-hydrogen) atoms. The van der Waals surface area contributed by atoms with E-state index in [1.54, 1.807) is 0 Å². The zero-order valence-electron chi connectivity index (χ0n) is 5.29. The Morgan fingerprint density at radius 2 is 2.44 bits per heavy atom. The lowest BCUT2D eigenvalue weighted by atomic mass is 9.98. The molecule has 0 aromatic carbocycles. The fourth-order valence-electron chi connectivity index (χ4n) is 1.09. The number of carbonyl (C=O) groups is 1. The van der Waals surface area contributed by atoms with Crippen molar-refractivity contribution in [3.63, 3.8) is 0 Å². The number of hydrogen-bond acceptors (Lipinski definition) is 1. The summed E-state index contributed by atoms with van der Waals surface area (Å²) in [6.45, 7) is 3.63. The molecule has 48 valence electrons. The van der Waals surface area contributed by atoms with Gasteiger partial charge < -0.3 is 4.79 Å². The van der Waals surface area contributed by atoms with Crippen LogP contribution < -0.4 is 0 Å². The van der Waals surface area contributed by atoms with Gasteiger partial charge in [-0.15, -0.1) is 6.58 Å². The summed E-state index contributed by atoms with van der Waals surface area (Å²) in [7, 11) is 0. The van der Waals surface area contributed by atoms with Crippen molar-refractivity contribution in [3.05, 3.63) is 24.8 Å². The normalized spacial score (nSPS) is 32.4. The Morgan fingerprint density at radius 3 is 2.89 bits per heavy atom. The van der Waals surface area contributed by atoms with Crippen LogP contribution in [0.4, 0.5) is 0 Å². The highest BCUT2D eigenvalue weighted by atomic mass is 16.1. The third-order valence-electron chi connectivity index (χ3n) is 1.71. The second-order valence-corrected chi connectivity index (χ2v) is 2.28. The maximum atomic E-state index is 10.3. The predicted octanol–water partition coefficient (Wildman–Crippen LogP) is 1.56. The number of hydrogen-bond donors (Lipinski definition) is 0. The third kappa shape index (κ3) is 1.10. The molecule has 1 aliphatic carbocycles. The Balaban J connectivity index is 2.58. The van der Waals surface area contributed by atoms with Crippen LogP contribution in [0.25, 0.3) is 0 Å². The molecule has 0 saturated heterocycles. The standard InChI is InChI=1S/C8H10O/c1-2-7-4-3-5-8(7)6-9/h2-4,6-8H,1,5H2. The average Bonchev–Trinajstić information content (AvgIpc) is 2.33. The lowest BCUT2D eigenvalue weighted by Crippen LogP contribution is -2.05. The van der Waals surface area contributed by atoms with E-state index in [0.29, 0.717) is 5.92 Å². The molecule has 0 aromatic rings. The molecular formula is C8H10O. The van der Waals surface area contributed by atoms with Crippen LogP contribution in [0.1, 0.15) is 6.42 Å². The lowest BCUT2D eigenvalue weighted by Gasteiger charge is -2.05. The largest absolute Gasteiger partial charge is 0.303 e. The van der Waals surface area contributed by atoms with Crippen molar-refractivity contribution in [1.82, 2.24) is 0 Å². The molecule has 0 bridgehead atoms. The number of allylic oxidation sites excluding steroid dienone is 3. The van der Waals surface area contributed by atoms with Crippen molar-refractivity contribution in [2.45, 2.75) is 6.42 Å². The molecule has 0 heterocycles. The van der Waals surface area contributed by atoms with Gasteiger partial charge in [-0.25, -0.2) is 0 Å². The van der Waals surface area contributed by atoms with E-state index in [-0.39, 0.29) is 5.92 Å². The molecule has 1 rings (SSSR count). The van der Waals surface area contributed by atoms with E-state index in [4.69, 9.17) is 0 Å². The summed E-state index contributed by atoms with van der Waals surface area (Å²) >= 11 is 0. The highest BCUT2D eigenvalue weighted by Crippen LogP contribution is 2.23. The van der Waals surface area contributed by atoms with Crippen LogP contribution in [-0.4, -0.2) is 6.29 Å². The SMILES string of the molecule is C=CC1C=CCC1C=O. The smallest absolute Gasteiger partial charge is 0.124 e. The Hall–Kier alpha value is -0.850. The van der Waals surface area contributed by atoms with Crippen molar-refractivity contribution >= 4 is 6.29 Å². The van der Waals surface area contributed by atoms with Gasteiger partial charge in [0, 0.05) is 11.8 Å². The van der Waals surface area contributed by atoms with Crippen molar-refractivity contribution in [2.24, 2.45) is 11.8 Å². The van der Waals surface area contributed by atoms with Gasteiger partial charge in [0.15, 0.2) is 0 Å². The van der Waals surface area contributed by atoms with Crippen LogP contribution in [0.3, 0.4) is 0 Å². The molecule has 0 fully saturated rings. The van der Waals surface area contributed by atoms with Crippen molar-refractivity contribution in [1.29, 1.82) is 0 Å². The van der Waals surface area contributed by atoms with Gasteiger partial charge in [-0.05, 0) is 6.42 Å². The van der Waals surface area contributed by atoms with Gasteiger partial charge in [-0.2, -0.15) is 0 Å². The van der Waals surface area contributed by atoms with Crippen LogP contribution in [0, 0.1) is 11.8 Å². The Kier molecular flexibility index (Phi) is 1.83. The van der Waals surface area contributed by atoms with Crippen LogP contribution >= 0.6 is 0 Å². The monoisotopic (exact) mass is 122 g/mol. The molecule has 1 nitrogen and oxygen atoms in total. The number of aldehydes is 1. The van der Waals surface area contributed by atoms with Gasteiger partial charge in [0.25, 0.3) is 0 Å². The second-order valence-electron chi connectivity index (χ2n) is 2.28. The summed E-state index contributed by atoms with van der Waals surface area (Å²) in [6.07, 6.45) is 7.78. The fourth-order valence-corrected chi connectivity index (χ4v) is 1.09. The first-order chi connectivity index (χ1) is 4.38. The van der Waals surface area contributed by atoms with Crippen molar-refractivity contribution < 1.29 is 4.79 Å². The van der Waals surface area contributed by atoms with Crippen LogP contribution in [0.2, 0.25) is 0 Å². The highest BCUT2D eigenvalue weighted by molar-refractivity contribution is 5.56. The Bertz CT molecular complexity index is 147. The Morgan fingerprint density at radius 1 is 1.67 bits per heavy atom. The van der Waals surface area contributed by atoms with Gasteiger partial charge >= 0.3 is 0 Å². The first-order valence-corrected chi connectivity index (χ1v) is 3.13. The molecule has 0 aromatic heterocycles. The first-order valence-electron chi connectivity index (χ1n) is 3.13. The number of rotatable bonds is 2. The van der Waals surface area contributed by atoms with E-state index < -0.39 is 0 Å². The molecule has 0 amide bonds. The molecule has 0 radical (unpaired) electrons. The zero-order valence-corrected chi connectivity index (χ0v) is 5.29. The van der Waals surface area contributed by atoms with Gasteiger partial charge in [0.2, 0.25) is 0 Å². The third-order valence-corrected chi connectivity index (χ3v) is 1.71. The minimum absolute atomic E-state index is 0.169. The van der Waals surface area contributed by atoms with E-state index in [1.807, 2.05) is 18.2 Å². The van der Waals surface area contributed by atoms with E-state index in [0.717, 1.165) is 12.7 Å². The number of carbonyl (C=O) groups excluding carboxylic acids is 1. The Labute approximate surface area is 55.1 Å². The minimum atomic E-state index is 0.169.